The molecule has 0 amide bonds. The van der Waals surface area contributed by atoms with Gasteiger partial charge < -0.3 is 4.57 Å². The first-order valence-electron chi connectivity index (χ1n) is 5.22. The quantitative estimate of drug-likeness (QED) is 0.567. The van der Waals surface area contributed by atoms with Crippen molar-refractivity contribution in [3.8, 4) is 0 Å². The van der Waals surface area contributed by atoms with E-state index in [0.717, 1.165) is 31.9 Å². The lowest BCUT2D eigenvalue weighted by Crippen LogP contribution is -1.83. The molecule has 3 heteroatoms. The van der Waals surface area contributed by atoms with Crippen molar-refractivity contribution in [1.29, 1.82) is 0 Å². The molecule has 0 bridgehead atoms. The van der Waals surface area contributed by atoms with Crippen molar-refractivity contribution >= 4 is 51.2 Å². The first kappa shape index (κ1) is 10.7. The maximum Gasteiger partial charge on any atom is 0.0535 e. The van der Waals surface area contributed by atoms with E-state index in [0.29, 0.717) is 0 Å². The summed E-state index contributed by atoms with van der Waals surface area (Å²) in [6.45, 7) is 3.85. The van der Waals surface area contributed by atoms with Crippen molar-refractivity contribution in [1.82, 2.24) is 4.57 Å². The second-order valence-corrected chi connectivity index (χ2v) is 4.75. The van der Waals surface area contributed by atoms with Gasteiger partial charge >= 0.3 is 0 Å². The molecule has 0 radical (unpaired) electrons. The van der Waals surface area contributed by atoms with Crippen molar-refractivity contribution in [2.75, 3.05) is 0 Å². The van der Waals surface area contributed by atoms with Gasteiger partial charge in [0, 0.05) is 27.0 Å². The average Bonchev–Trinajstić information content (AvgIpc) is 2.62. The zero-order valence-electron chi connectivity index (χ0n) is 8.95. The van der Waals surface area contributed by atoms with E-state index >= 15 is 0 Å². The van der Waals surface area contributed by atoms with Gasteiger partial charge in [0.25, 0.3) is 0 Å². The Morgan fingerprint density at radius 3 is 1.76 bits per heavy atom. The maximum absolute atomic E-state index is 6.04. The predicted octanol–water partition coefficient (Wildman–Crippen LogP) is 5.20. The molecule has 0 atom stereocenters. The van der Waals surface area contributed by atoms with Crippen molar-refractivity contribution in [2.45, 2.75) is 0 Å². The average molecular weight is 262 g/mol. The zero-order chi connectivity index (χ0) is 12.0. The fourth-order valence-electron chi connectivity index (χ4n) is 2.19. The molecule has 3 aromatic rings. The molecule has 0 N–H and O–H groups in total. The van der Waals surface area contributed by atoms with E-state index in [-0.39, 0.29) is 0 Å². The summed E-state index contributed by atoms with van der Waals surface area (Å²) < 4.78 is 2.04. The summed E-state index contributed by atoms with van der Waals surface area (Å²) in [6, 6.07) is 11.7. The second kappa shape index (κ2) is 3.80. The van der Waals surface area contributed by atoms with Gasteiger partial charge in [-0.05, 0) is 36.4 Å². The molecule has 0 aliphatic rings. The molecule has 0 saturated heterocycles. The third-order valence-corrected chi connectivity index (χ3v) is 3.38. The zero-order valence-corrected chi connectivity index (χ0v) is 10.5. The van der Waals surface area contributed by atoms with E-state index in [1.54, 1.807) is 6.20 Å². The third kappa shape index (κ3) is 1.54. The van der Waals surface area contributed by atoms with Crippen LogP contribution in [-0.2, 0) is 0 Å². The minimum atomic E-state index is 0.723. The summed E-state index contributed by atoms with van der Waals surface area (Å²) in [5.41, 5.74) is 2.17. The molecule has 1 nitrogen and oxygen atoms in total. The van der Waals surface area contributed by atoms with Gasteiger partial charge in [0.15, 0.2) is 0 Å². The van der Waals surface area contributed by atoms with Gasteiger partial charge in [0.05, 0.1) is 11.0 Å². The maximum atomic E-state index is 6.04. The first-order chi connectivity index (χ1) is 8.20. The van der Waals surface area contributed by atoms with E-state index in [4.69, 9.17) is 23.2 Å². The molecule has 0 saturated carbocycles. The van der Waals surface area contributed by atoms with Crippen LogP contribution in [0, 0.1) is 0 Å². The standard InChI is InChI=1S/C14H9Cl2N/c1-2-17-13-5-3-9(15)7-11(13)12-8-10(16)4-6-14(12)17/h2-8H,1H2. The largest absolute Gasteiger partial charge is 0.317 e. The van der Waals surface area contributed by atoms with Gasteiger partial charge in [-0.1, -0.05) is 29.8 Å². The highest BCUT2D eigenvalue weighted by molar-refractivity contribution is 6.33. The van der Waals surface area contributed by atoms with Crippen LogP contribution in [-0.4, -0.2) is 4.57 Å². The lowest BCUT2D eigenvalue weighted by atomic mass is 10.1. The molecular formula is C14H9Cl2N. The number of fused-ring (bicyclic) bond motifs is 3. The van der Waals surface area contributed by atoms with Crippen molar-refractivity contribution in [3.63, 3.8) is 0 Å². The van der Waals surface area contributed by atoms with Crippen LogP contribution in [0.5, 0.6) is 0 Å². The number of hydrogen-bond donors (Lipinski definition) is 0. The Balaban J connectivity index is 2.61. The Hall–Kier alpha value is -1.44. The fourth-order valence-corrected chi connectivity index (χ4v) is 2.54. The normalized spacial score (nSPS) is 11.2. The molecule has 0 aliphatic heterocycles. The van der Waals surface area contributed by atoms with Gasteiger partial charge in [0.2, 0.25) is 0 Å². The number of rotatable bonds is 1. The van der Waals surface area contributed by atoms with Crippen molar-refractivity contribution < 1.29 is 0 Å². The first-order valence-corrected chi connectivity index (χ1v) is 5.97. The summed E-state index contributed by atoms with van der Waals surface area (Å²) in [4.78, 5) is 0. The van der Waals surface area contributed by atoms with E-state index < -0.39 is 0 Å². The van der Waals surface area contributed by atoms with Crippen LogP contribution in [0.1, 0.15) is 0 Å². The number of halogens is 2. The number of benzene rings is 2. The van der Waals surface area contributed by atoms with Gasteiger partial charge in [-0.2, -0.15) is 0 Å². The molecule has 2 aromatic carbocycles. The number of aromatic nitrogens is 1. The van der Waals surface area contributed by atoms with Crippen molar-refractivity contribution in [3.05, 3.63) is 53.0 Å². The Labute approximate surface area is 109 Å². The molecule has 1 aromatic heterocycles. The van der Waals surface area contributed by atoms with E-state index in [9.17, 15) is 0 Å². The Morgan fingerprint density at radius 2 is 1.35 bits per heavy atom. The monoisotopic (exact) mass is 261 g/mol. The van der Waals surface area contributed by atoms with Crippen LogP contribution in [0.3, 0.4) is 0 Å². The molecule has 0 fully saturated rings. The highest BCUT2D eigenvalue weighted by Crippen LogP contribution is 2.32. The highest BCUT2D eigenvalue weighted by Gasteiger charge is 2.09. The molecule has 0 spiro atoms. The Morgan fingerprint density at radius 1 is 0.882 bits per heavy atom. The molecule has 0 aliphatic carbocycles. The fraction of sp³-hybridized carbons (Fsp3) is 0. The minimum absolute atomic E-state index is 0.723. The van der Waals surface area contributed by atoms with Crippen LogP contribution >= 0.6 is 23.2 Å². The van der Waals surface area contributed by atoms with Gasteiger partial charge in [-0.3, -0.25) is 0 Å². The SMILES string of the molecule is C=Cn1c2ccc(Cl)cc2c2cc(Cl)ccc21. The topological polar surface area (TPSA) is 4.93 Å². The lowest BCUT2D eigenvalue weighted by Gasteiger charge is -1.98. The van der Waals surface area contributed by atoms with E-state index in [1.165, 1.54) is 0 Å². The molecule has 84 valence electrons. The van der Waals surface area contributed by atoms with Crippen LogP contribution in [0.4, 0.5) is 0 Å². The summed E-state index contributed by atoms with van der Waals surface area (Å²) >= 11 is 12.1. The Kier molecular flexibility index (Phi) is 2.39. The van der Waals surface area contributed by atoms with Gasteiger partial charge in [-0.25, -0.2) is 0 Å². The molecule has 1 heterocycles. The predicted molar refractivity (Wildman–Crippen MR) is 75.9 cm³/mol. The summed E-state index contributed by atoms with van der Waals surface area (Å²) in [5, 5.41) is 3.63. The molecule has 0 unspecified atom stereocenters. The highest BCUT2D eigenvalue weighted by atomic mass is 35.5. The summed E-state index contributed by atoms with van der Waals surface area (Å²) in [6.07, 6.45) is 1.80. The van der Waals surface area contributed by atoms with Crippen LogP contribution in [0.25, 0.3) is 28.0 Å². The molecule has 3 rings (SSSR count). The third-order valence-electron chi connectivity index (χ3n) is 2.91. The lowest BCUT2D eigenvalue weighted by molar-refractivity contribution is 1.30. The number of nitrogens with zero attached hydrogens (tertiary/aromatic N) is 1. The summed E-state index contributed by atoms with van der Waals surface area (Å²) in [5.74, 6) is 0. The van der Waals surface area contributed by atoms with Gasteiger partial charge in [-0.15, -0.1) is 0 Å². The van der Waals surface area contributed by atoms with Gasteiger partial charge in [0.1, 0.15) is 0 Å². The minimum Gasteiger partial charge on any atom is -0.317 e. The summed E-state index contributed by atoms with van der Waals surface area (Å²) in [7, 11) is 0. The van der Waals surface area contributed by atoms with E-state index in [2.05, 4.69) is 6.58 Å². The van der Waals surface area contributed by atoms with Crippen LogP contribution < -0.4 is 0 Å². The van der Waals surface area contributed by atoms with Crippen LogP contribution in [0.15, 0.2) is 43.0 Å². The van der Waals surface area contributed by atoms with Crippen molar-refractivity contribution in [2.24, 2.45) is 0 Å². The smallest absolute Gasteiger partial charge is 0.0535 e. The molecular weight excluding hydrogens is 253 g/mol. The molecule has 17 heavy (non-hydrogen) atoms. The number of hydrogen-bond acceptors (Lipinski definition) is 0. The Bertz CT molecular complexity index is 681. The van der Waals surface area contributed by atoms with E-state index in [1.807, 2.05) is 41.0 Å². The van der Waals surface area contributed by atoms with Crippen LogP contribution in [0.2, 0.25) is 10.0 Å². The second-order valence-electron chi connectivity index (χ2n) is 3.88.